The van der Waals surface area contributed by atoms with Crippen LogP contribution in [-0.2, 0) is 4.79 Å². The lowest BCUT2D eigenvalue weighted by atomic mass is 10.0. The van der Waals surface area contributed by atoms with Crippen LogP contribution in [0.1, 0.15) is 41.0 Å². The van der Waals surface area contributed by atoms with Crippen molar-refractivity contribution in [1.82, 2.24) is 4.90 Å². The van der Waals surface area contributed by atoms with Crippen molar-refractivity contribution in [3.63, 3.8) is 0 Å². The van der Waals surface area contributed by atoms with Crippen LogP contribution in [0.3, 0.4) is 0 Å². The monoisotopic (exact) mass is 214 g/mol. The molecule has 2 N–H and O–H groups in total. The standard InChI is InChI=1S/C12H26N2O/c1-6-11(7-13)12(15)14(10(4)5)8-9(2)3/h9-11H,6-8,13H2,1-5H3. The molecular weight excluding hydrogens is 188 g/mol. The normalized spacial score (nSPS) is 13.3. The fourth-order valence-electron chi connectivity index (χ4n) is 1.63. The summed E-state index contributed by atoms with van der Waals surface area (Å²) in [6.45, 7) is 11.7. The van der Waals surface area contributed by atoms with Crippen LogP contribution < -0.4 is 5.73 Å². The molecule has 3 nitrogen and oxygen atoms in total. The van der Waals surface area contributed by atoms with Gasteiger partial charge in [0, 0.05) is 19.1 Å². The van der Waals surface area contributed by atoms with Gasteiger partial charge in [0.1, 0.15) is 0 Å². The van der Waals surface area contributed by atoms with E-state index in [2.05, 4.69) is 27.7 Å². The molecule has 0 bridgehead atoms. The predicted octanol–water partition coefficient (Wildman–Crippen LogP) is 1.86. The molecule has 90 valence electrons. The molecule has 0 spiro atoms. The summed E-state index contributed by atoms with van der Waals surface area (Å²) in [5.41, 5.74) is 5.61. The summed E-state index contributed by atoms with van der Waals surface area (Å²) in [6.07, 6.45) is 0.830. The van der Waals surface area contributed by atoms with E-state index < -0.39 is 0 Å². The number of carbonyl (C=O) groups is 1. The predicted molar refractivity (Wildman–Crippen MR) is 64.5 cm³/mol. The summed E-state index contributed by atoms with van der Waals surface area (Å²) in [7, 11) is 0. The average molecular weight is 214 g/mol. The quantitative estimate of drug-likeness (QED) is 0.733. The summed E-state index contributed by atoms with van der Waals surface area (Å²) in [5.74, 6) is 0.710. The second kappa shape index (κ2) is 6.83. The molecule has 0 saturated carbocycles. The summed E-state index contributed by atoms with van der Waals surface area (Å²) < 4.78 is 0. The summed E-state index contributed by atoms with van der Waals surface area (Å²) in [4.78, 5) is 14.1. The molecule has 0 aliphatic heterocycles. The summed E-state index contributed by atoms with van der Waals surface area (Å²) in [6, 6.07) is 0.264. The van der Waals surface area contributed by atoms with Gasteiger partial charge in [-0.1, -0.05) is 20.8 Å². The van der Waals surface area contributed by atoms with Crippen LogP contribution in [0, 0.1) is 11.8 Å². The van der Waals surface area contributed by atoms with E-state index in [0.29, 0.717) is 12.5 Å². The van der Waals surface area contributed by atoms with Crippen LogP contribution in [0.25, 0.3) is 0 Å². The van der Waals surface area contributed by atoms with Crippen molar-refractivity contribution in [1.29, 1.82) is 0 Å². The Hall–Kier alpha value is -0.570. The first-order chi connectivity index (χ1) is 6.93. The van der Waals surface area contributed by atoms with Crippen LogP contribution >= 0.6 is 0 Å². The van der Waals surface area contributed by atoms with E-state index >= 15 is 0 Å². The molecule has 0 aliphatic rings. The molecule has 1 unspecified atom stereocenters. The molecule has 0 fully saturated rings. The van der Waals surface area contributed by atoms with Crippen molar-refractivity contribution in [2.24, 2.45) is 17.6 Å². The fourth-order valence-corrected chi connectivity index (χ4v) is 1.63. The van der Waals surface area contributed by atoms with E-state index in [0.717, 1.165) is 13.0 Å². The van der Waals surface area contributed by atoms with Gasteiger partial charge in [-0.15, -0.1) is 0 Å². The van der Waals surface area contributed by atoms with Crippen LogP contribution in [0.5, 0.6) is 0 Å². The molecule has 3 heteroatoms. The largest absolute Gasteiger partial charge is 0.340 e. The van der Waals surface area contributed by atoms with Gasteiger partial charge in [0.05, 0.1) is 5.92 Å². The van der Waals surface area contributed by atoms with E-state index in [4.69, 9.17) is 5.73 Å². The minimum absolute atomic E-state index is 0.00819. The molecule has 15 heavy (non-hydrogen) atoms. The third-order valence-corrected chi connectivity index (χ3v) is 2.59. The fraction of sp³-hybridized carbons (Fsp3) is 0.917. The Morgan fingerprint density at radius 2 is 1.80 bits per heavy atom. The van der Waals surface area contributed by atoms with Gasteiger partial charge in [0.25, 0.3) is 0 Å². The maximum atomic E-state index is 12.1. The summed E-state index contributed by atoms with van der Waals surface area (Å²) >= 11 is 0. The van der Waals surface area contributed by atoms with Crippen LogP contribution in [0.2, 0.25) is 0 Å². The van der Waals surface area contributed by atoms with Crippen LogP contribution in [0.4, 0.5) is 0 Å². The molecule has 1 atom stereocenters. The first-order valence-electron chi connectivity index (χ1n) is 5.94. The highest BCUT2D eigenvalue weighted by atomic mass is 16.2. The third-order valence-electron chi connectivity index (χ3n) is 2.59. The maximum absolute atomic E-state index is 12.1. The van der Waals surface area contributed by atoms with Gasteiger partial charge in [-0.2, -0.15) is 0 Å². The number of hydrogen-bond donors (Lipinski definition) is 1. The second-order valence-corrected chi connectivity index (χ2v) is 4.82. The highest BCUT2D eigenvalue weighted by molar-refractivity contribution is 5.79. The van der Waals surface area contributed by atoms with E-state index in [1.165, 1.54) is 0 Å². The number of nitrogens with zero attached hydrogens (tertiary/aromatic N) is 1. The first-order valence-corrected chi connectivity index (χ1v) is 5.94. The average Bonchev–Trinajstić information content (AvgIpc) is 2.15. The Labute approximate surface area is 94.0 Å². The van der Waals surface area contributed by atoms with Gasteiger partial charge in [-0.3, -0.25) is 4.79 Å². The van der Waals surface area contributed by atoms with E-state index in [1.54, 1.807) is 0 Å². The molecule has 0 aliphatic carbocycles. The van der Waals surface area contributed by atoms with E-state index in [-0.39, 0.29) is 17.9 Å². The minimum Gasteiger partial charge on any atom is -0.340 e. The molecule has 0 saturated heterocycles. The zero-order valence-corrected chi connectivity index (χ0v) is 10.8. The van der Waals surface area contributed by atoms with Gasteiger partial charge in [0.2, 0.25) is 5.91 Å². The van der Waals surface area contributed by atoms with Gasteiger partial charge >= 0.3 is 0 Å². The van der Waals surface area contributed by atoms with Gasteiger partial charge in [-0.05, 0) is 26.2 Å². The van der Waals surface area contributed by atoms with Crippen molar-refractivity contribution < 1.29 is 4.79 Å². The Morgan fingerprint density at radius 3 is 2.07 bits per heavy atom. The van der Waals surface area contributed by atoms with Crippen LogP contribution in [-0.4, -0.2) is 29.9 Å². The van der Waals surface area contributed by atoms with Crippen molar-refractivity contribution in [2.75, 3.05) is 13.1 Å². The van der Waals surface area contributed by atoms with Gasteiger partial charge in [-0.25, -0.2) is 0 Å². The Morgan fingerprint density at radius 1 is 1.27 bits per heavy atom. The Balaban J connectivity index is 4.53. The SMILES string of the molecule is CCC(CN)C(=O)N(CC(C)C)C(C)C. The van der Waals surface area contributed by atoms with E-state index in [1.807, 2.05) is 11.8 Å². The minimum atomic E-state index is -0.00819. The molecular formula is C12H26N2O. The van der Waals surface area contributed by atoms with Crippen molar-refractivity contribution in [3.05, 3.63) is 0 Å². The van der Waals surface area contributed by atoms with Crippen molar-refractivity contribution in [2.45, 2.75) is 47.1 Å². The zero-order valence-electron chi connectivity index (χ0n) is 10.8. The van der Waals surface area contributed by atoms with Crippen LogP contribution in [0.15, 0.2) is 0 Å². The third kappa shape index (κ3) is 4.65. The van der Waals surface area contributed by atoms with Gasteiger partial charge < -0.3 is 10.6 Å². The number of carbonyl (C=O) groups excluding carboxylic acids is 1. The molecule has 0 aromatic rings. The smallest absolute Gasteiger partial charge is 0.227 e. The lowest BCUT2D eigenvalue weighted by Gasteiger charge is -2.31. The topological polar surface area (TPSA) is 46.3 Å². The first kappa shape index (κ1) is 14.4. The number of rotatable bonds is 6. The number of amides is 1. The maximum Gasteiger partial charge on any atom is 0.227 e. The molecule has 0 aromatic carbocycles. The second-order valence-electron chi connectivity index (χ2n) is 4.82. The van der Waals surface area contributed by atoms with E-state index in [9.17, 15) is 4.79 Å². The molecule has 0 radical (unpaired) electrons. The lowest BCUT2D eigenvalue weighted by molar-refractivity contribution is -0.137. The molecule has 1 amide bonds. The zero-order chi connectivity index (χ0) is 12.0. The molecule has 0 aromatic heterocycles. The Bertz CT molecular complexity index is 186. The number of hydrogen-bond acceptors (Lipinski definition) is 2. The molecule has 0 heterocycles. The summed E-state index contributed by atoms with van der Waals surface area (Å²) in [5, 5.41) is 0. The number of nitrogens with two attached hydrogens (primary N) is 1. The Kier molecular flexibility index (Phi) is 6.57. The highest BCUT2D eigenvalue weighted by Gasteiger charge is 2.24. The van der Waals surface area contributed by atoms with Crippen molar-refractivity contribution in [3.8, 4) is 0 Å². The highest BCUT2D eigenvalue weighted by Crippen LogP contribution is 2.12. The van der Waals surface area contributed by atoms with Crippen molar-refractivity contribution >= 4 is 5.91 Å². The van der Waals surface area contributed by atoms with Gasteiger partial charge in [0.15, 0.2) is 0 Å². The molecule has 0 rings (SSSR count). The lowest BCUT2D eigenvalue weighted by Crippen LogP contribution is -2.44.